The third kappa shape index (κ3) is 6.87. The molecule has 0 aliphatic carbocycles. The minimum atomic E-state index is 0.731. The molecule has 194 valence electrons. The monoisotopic (exact) mass is 518 g/mol. The first kappa shape index (κ1) is 25.7. The van der Waals surface area contributed by atoms with E-state index in [4.69, 9.17) is 26.0 Å². The van der Waals surface area contributed by atoms with E-state index < -0.39 is 0 Å². The van der Waals surface area contributed by atoms with Gasteiger partial charge in [-0.15, -0.1) is 0 Å². The number of nitrogens with one attached hydrogen (secondary N) is 1. The molecule has 1 fully saturated rings. The van der Waals surface area contributed by atoms with E-state index in [1.165, 1.54) is 0 Å². The number of hydrogen-bond donors (Lipinski definition) is 1. The van der Waals surface area contributed by atoms with Gasteiger partial charge in [-0.2, -0.15) is 0 Å². The van der Waals surface area contributed by atoms with Crippen LogP contribution in [0, 0.1) is 0 Å². The van der Waals surface area contributed by atoms with Crippen LogP contribution in [0.1, 0.15) is 18.0 Å². The molecule has 0 unspecified atom stereocenters. The molecule has 1 aliphatic heterocycles. The highest BCUT2D eigenvalue weighted by Gasteiger charge is 2.20. The molecule has 7 nitrogen and oxygen atoms in total. The number of aromatic nitrogens is 2. The third-order valence-corrected chi connectivity index (χ3v) is 6.98. The molecular weight excluding hydrogens is 484 g/mol. The second-order valence-electron chi connectivity index (χ2n) is 9.91. The van der Waals surface area contributed by atoms with Crippen LogP contribution in [0.5, 0.6) is 0 Å². The molecule has 2 aromatic carbocycles. The zero-order valence-corrected chi connectivity index (χ0v) is 22.4. The first-order chi connectivity index (χ1) is 18.0. The van der Waals surface area contributed by atoms with Gasteiger partial charge in [0.2, 0.25) is 0 Å². The topological polar surface area (TPSA) is 60.7 Å². The lowest BCUT2D eigenvalue weighted by Crippen LogP contribution is -2.45. The maximum atomic E-state index is 6.11. The Labute approximate surface area is 224 Å². The number of para-hydroxylation sites is 1. The van der Waals surface area contributed by atoms with Crippen molar-refractivity contribution < 1.29 is 4.42 Å². The Bertz CT molecular complexity index is 1300. The van der Waals surface area contributed by atoms with E-state index in [0.717, 1.165) is 103 Å². The molecule has 1 saturated heterocycles. The summed E-state index contributed by atoms with van der Waals surface area (Å²) in [7, 11) is 4.20. The molecule has 1 N–H and O–H groups in total. The summed E-state index contributed by atoms with van der Waals surface area (Å²) in [5.41, 5.74) is 2.04. The fourth-order valence-electron chi connectivity index (χ4n) is 4.69. The van der Waals surface area contributed by atoms with Gasteiger partial charge in [0.1, 0.15) is 23.2 Å². The number of furan rings is 1. The molecule has 4 aromatic rings. The first-order valence-corrected chi connectivity index (χ1v) is 13.3. The van der Waals surface area contributed by atoms with E-state index >= 15 is 0 Å². The summed E-state index contributed by atoms with van der Waals surface area (Å²) in [6, 6.07) is 20.1. The van der Waals surface area contributed by atoms with E-state index in [0.29, 0.717) is 0 Å². The van der Waals surface area contributed by atoms with Crippen LogP contribution < -0.4 is 5.32 Å². The van der Waals surface area contributed by atoms with Gasteiger partial charge in [0.05, 0.1) is 18.6 Å². The van der Waals surface area contributed by atoms with Gasteiger partial charge < -0.3 is 14.6 Å². The van der Waals surface area contributed by atoms with E-state index in [-0.39, 0.29) is 0 Å². The third-order valence-electron chi connectivity index (χ3n) is 6.72. The molecule has 0 saturated carbocycles. The number of halogens is 1. The fourth-order valence-corrected chi connectivity index (χ4v) is 4.82. The molecule has 0 amide bonds. The highest BCUT2D eigenvalue weighted by Crippen LogP contribution is 2.25. The van der Waals surface area contributed by atoms with E-state index in [1.54, 1.807) is 0 Å². The molecule has 0 bridgehead atoms. The zero-order chi connectivity index (χ0) is 25.6. The molecule has 8 heteroatoms. The molecule has 0 spiro atoms. The summed E-state index contributed by atoms with van der Waals surface area (Å²) in [5.74, 6) is 3.68. The quantitative estimate of drug-likeness (QED) is 0.289. The Balaban J connectivity index is 1.16. The van der Waals surface area contributed by atoms with E-state index in [1.807, 2.05) is 42.5 Å². The van der Waals surface area contributed by atoms with Crippen LogP contribution >= 0.6 is 11.6 Å². The predicted molar refractivity (Wildman–Crippen MR) is 151 cm³/mol. The highest BCUT2D eigenvalue weighted by molar-refractivity contribution is 6.30. The van der Waals surface area contributed by atoms with Gasteiger partial charge >= 0.3 is 0 Å². The fraction of sp³-hybridized carbons (Fsp3) is 0.379. The van der Waals surface area contributed by atoms with Crippen LogP contribution in [0.4, 0.5) is 5.82 Å². The van der Waals surface area contributed by atoms with Crippen molar-refractivity contribution in [1.82, 2.24) is 24.7 Å². The number of anilines is 1. The Kier molecular flexibility index (Phi) is 8.36. The van der Waals surface area contributed by atoms with Gasteiger partial charge in [0.25, 0.3) is 0 Å². The normalized spacial score (nSPS) is 15.0. The second-order valence-corrected chi connectivity index (χ2v) is 10.4. The summed E-state index contributed by atoms with van der Waals surface area (Å²) in [6.45, 7) is 7.44. The van der Waals surface area contributed by atoms with Gasteiger partial charge in [-0.05, 0) is 75.6 Å². The number of rotatable bonds is 10. The average Bonchev–Trinajstić information content (AvgIpc) is 3.36. The molecule has 5 rings (SSSR count). The second kappa shape index (κ2) is 12.0. The SMILES string of the molecule is CN(C)CCCNc1nc(CN2CCN(Cc3ccc(-c4ccc(Cl)cc4)o3)CC2)nc2ccccc12. The standard InChI is InChI=1S/C29H35ClN6O/c1-34(2)15-5-14-31-29-25-6-3-4-7-26(25)32-28(33-29)21-36-18-16-35(17-19-36)20-24-12-13-27(37-24)22-8-10-23(30)11-9-22/h3-4,6-13H,5,14-21H2,1-2H3,(H,31,32,33). The predicted octanol–water partition coefficient (Wildman–Crippen LogP) is 5.22. The summed E-state index contributed by atoms with van der Waals surface area (Å²) < 4.78 is 6.11. The lowest BCUT2D eigenvalue weighted by molar-refractivity contribution is 0.114. The van der Waals surface area contributed by atoms with E-state index in [2.05, 4.69) is 52.3 Å². The minimum Gasteiger partial charge on any atom is -0.460 e. The van der Waals surface area contributed by atoms with E-state index in [9.17, 15) is 0 Å². The number of benzene rings is 2. The van der Waals surface area contributed by atoms with Gasteiger partial charge in [-0.1, -0.05) is 23.7 Å². The number of piperazine rings is 1. The lowest BCUT2D eigenvalue weighted by atomic mass is 10.2. The molecule has 0 atom stereocenters. The van der Waals surface area contributed by atoms with Crippen LogP contribution in [-0.4, -0.2) is 78.0 Å². The molecule has 1 aliphatic rings. The van der Waals surface area contributed by atoms with Gasteiger partial charge in [-0.3, -0.25) is 9.80 Å². The summed E-state index contributed by atoms with van der Waals surface area (Å²) >= 11 is 6.01. The zero-order valence-electron chi connectivity index (χ0n) is 21.7. The van der Waals surface area contributed by atoms with Crippen molar-refractivity contribution in [2.45, 2.75) is 19.5 Å². The maximum Gasteiger partial charge on any atom is 0.145 e. The van der Waals surface area contributed by atoms with Crippen LogP contribution in [0.2, 0.25) is 5.02 Å². The summed E-state index contributed by atoms with van der Waals surface area (Å²) in [4.78, 5) is 16.9. The van der Waals surface area contributed by atoms with Crippen molar-refractivity contribution in [3.8, 4) is 11.3 Å². The molecule has 2 aromatic heterocycles. The highest BCUT2D eigenvalue weighted by atomic mass is 35.5. The molecule has 3 heterocycles. The van der Waals surface area contributed by atoms with Gasteiger partial charge in [0, 0.05) is 48.7 Å². The van der Waals surface area contributed by atoms with Gasteiger partial charge in [0.15, 0.2) is 0 Å². The lowest BCUT2D eigenvalue weighted by Gasteiger charge is -2.33. The summed E-state index contributed by atoms with van der Waals surface area (Å²) in [5, 5.41) is 5.36. The van der Waals surface area contributed by atoms with Crippen LogP contribution in [-0.2, 0) is 13.1 Å². The average molecular weight is 519 g/mol. The van der Waals surface area contributed by atoms with Crippen LogP contribution in [0.15, 0.2) is 65.1 Å². The van der Waals surface area contributed by atoms with Crippen LogP contribution in [0.25, 0.3) is 22.2 Å². The largest absolute Gasteiger partial charge is 0.460 e. The van der Waals surface area contributed by atoms with Crippen molar-refractivity contribution >= 4 is 28.3 Å². The Morgan fingerprint density at radius 2 is 1.62 bits per heavy atom. The van der Waals surface area contributed by atoms with Crippen molar-refractivity contribution in [2.24, 2.45) is 0 Å². The van der Waals surface area contributed by atoms with Crippen molar-refractivity contribution in [2.75, 3.05) is 58.7 Å². The molecule has 0 radical (unpaired) electrons. The number of nitrogens with zero attached hydrogens (tertiary/aromatic N) is 5. The smallest absolute Gasteiger partial charge is 0.145 e. The summed E-state index contributed by atoms with van der Waals surface area (Å²) in [6.07, 6.45) is 1.07. The minimum absolute atomic E-state index is 0.731. The Morgan fingerprint density at radius 3 is 2.38 bits per heavy atom. The van der Waals surface area contributed by atoms with Crippen molar-refractivity contribution in [3.05, 3.63) is 77.3 Å². The first-order valence-electron chi connectivity index (χ1n) is 13.0. The molecule has 37 heavy (non-hydrogen) atoms. The molecular formula is C29H35ClN6O. The van der Waals surface area contributed by atoms with Crippen molar-refractivity contribution in [3.63, 3.8) is 0 Å². The Morgan fingerprint density at radius 1 is 0.892 bits per heavy atom. The Hall–Kier alpha value is -2.97. The maximum absolute atomic E-state index is 6.11. The number of fused-ring (bicyclic) bond motifs is 1. The van der Waals surface area contributed by atoms with Crippen molar-refractivity contribution in [1.29, 1.82) is 0 Å². The van der Waals surface area contributed by atoms with Gasteiger partial charge in [-0.25, -0.2) is 9.97 Å². The number of hydrogen-bond acceptors (Lipinski definition) is 7. The van der Waals surface area contributed by atoms with Crippen LogP contribution in [0.3, 0.4) is 0 Å².